The van der Waals surface area contributed by atoms with E-state index in [2.05, 4.69) is 5.32 Å². The molecule has 140 valence electrons. The summed E-state index contributed by atoms with van der Waals surface area (Å²) in [5.74, 6) is 0.354. The van der Waals surface area contributed by atoms with E-state index in [1.165, 1.54) is 23.2 Å². The largest absolute Gasteiger partial charge is 0.484 e. The summed E-state index contributed by atoms with van der Waals surface area (Å²) >= 11 is 0. The summed E-state index contributed by atoms with van der Waals surface area (Å²) in [5.41, 5.74) is 3.05. The van der Waals surface area contributed by atoms with Gasteiger partial charge in [-0.3, -0.25) is 4.79 Å². The summed E-state index contributed by atoms with van der Waals surface area (Å²) in [6.07, 6.45) is 1.17. The Kier molecular flexibility index (Phi) is 6.76. The molecule has 2 rings (SSSR count). The lowest BCUT2D eigenvalue weighted by Crippen LogP contribution is -2.28. The first kappa shape index (κ1) is 19.9. The molecule has 2 aromatic carbocycles. The molecule has 0 atom stereocenters. The van der Waals surface area contributed by atoms with Crippen LogP contribution in [0.4, 0.5) is 0 Å². The van der Waals surface area contributed by atoms with Crippen LogP contribution in [0.1, 0.15) is 16.7 Å². The van der Waals surface area contributed by atoms with E-state index in [0.29, 0.717) is 12.3 Å². The zero-order valence-corrected chi connectivity index (χ0v) is 16.0. The number of nitrogens with one attached hydrogen (secondary N) is 1. The molecule has 26 heavy (non-hydrogen) atoms. The van der Waals surface area contributed by atoms with Crippen LogP contribution >= 0.6 is 0 Å². The van der Waals surface area contributed by atoms with Crippen molar-refractivity contribution in [1.82, 2.24) is 9.62 Å². The van der Waals surface area contributed by atoms with E-state index in [4.69, 9.17) is 4.74 Å². The van der Waals surface area contributed by atoms with Crippen molar-refractivity contribution in [2.75, 3.05) is 19.9 Å². The Hall–Kier alpha value is -2.38. The molecule has 0 saturated carbocycles. The quantitative estimate of drug-likeness (QED) is 0.765. The second-order valence-electron chi connectivity index (χ2n) is 6.21. The van der Waals surface area contributed by atoms with Gasteiger partial charge < -0.3 is 10.1 Å². The Morgan fingerprint density at radius 2 is 1.62 bits per heavy atom. The van der Waals surface area contributed by atoms with Crippen molar-refractivity contribution in [3.63, 3.8) is 0 Å². The van der Waals surface area contributed by atoms with E-state index in [0.717, 1.165) is 11.1 Å². The first-order valence-electron chi connectivity index (χ1n) is 8.19. The van der Waals surface area contributed by atoms with E-state index in [1.807, 2.05) is 31.2 Å². The predicted octanol–water partition coefficient (Wildman–Crippen LogP) is 2.08. The number of ether oxygens (including phenoxy) is 1. The smallest absolute Gasteiger partial charge is 0.258 e. The molecule has 0 spiro atoms. The van der Waals surface area contributed by atoms with Gasteiger partial charge in [0.25, 0.3) is 5.91 Å². The van der Waals surface area contributed by atoms with Crippen molar-refractivity contribution in [3.8, 4) is 5.75 Å². The third kappa shape index (κ3) is 6.50. The number of carbonyl (C=O) groups is 1. The second kappa shape index (κ2) is 8.82. The molecule has 0 aliphatic carbocycles. The summed E-state index contributed by atoms with van der Waals surface area (Å²) < 4.78 is 29.6. The van der Waals surface area contributed by atoms with E-state index < -0.39 is 10.0 Å². The number of rotatable bonds is 8. The molecular weight excluding hydrogens is 352 g/mol. The van der Waals surface area contributed by atoms with Gasteiger partial charge in [-0.1, -0.05) is 42.0 Å². The molecule has 7 heteroatoms. The summed E-state index contributed by atoms with van der Waals surface area (Å²) in [7, 11) is -1.69. The van der Waals surface area contributed by atoms with Crippen LogP contribution in [0.2, 0.25) is 0 Å². The first-order valence-corrected chi connectivity index (χ1v) is 10.0. The predicted molar refractivity (Wildman–Crippen MR) is 101 cm³/mol. The molecule has 0 bridgehead atoms. The van der Waals surface area contributed by atoms with E-state index >= 15 is 0 Å². The molecule has 0 aliphatic rings. The zero-order chi connectivity index (χ0) is 19.2. The Morgan fingerprint density at radius 1 is 1.04 bits per heavy atom. The van der Waals surface area contributed by atoms with Gasteiger partial charge in [-0.05, 0) is 30.2 Å². The molecule has 1 N–H and O–H groups in total. The number of sulfonamides is 1. The number of aryl methyl sites for hydroxylation is 1. The zero-order valence-electron chi connectivity index (χ0n) is 15.2. The summed E-state index contributed by atoms with van der Waals surface area (Å²) in [6, 6.07) is 15.0. The number of carbonyl (C=O) groups excluding carboxylic acids is 1. The summed E-state index contributed by atoms with van der Waals surface area (Å²) in [4.78, 5) is 11.9. The van der Waals surface area contributed by atoms with Crippen LogP contribution in [0.5, 0.6) is 5.75 Å². The van der Waals surface area contributed by atoms with Crippen LogP contribution in [-0.2, 0) is 27.9 Å². The molecular formula is C19H24N2O4S. The lowest BCUT2D eigenvalue weighted by Gasteiger charge is -2.14. The van der Waals surface area contributed by atoms with E-state index in [1.54, 1.807) is 24.3 Å². The van der Waals surface area contributed by atoms with Crippen molar-refractivity contribution in [3.05, 3.63) is 65.2 Å². The van der Waals surface area contributed by atoms with Gasteiger partial charge in [0.05, 0.1) is 6.26 Å². The SMILES string of the molecule is Cc1ccc(CNC(=O)COc2ccc(CN(C)S(C)(=O)=O)cc2)cc1. The average molecular weight is 376 g/mol. The molecule has 0 unspecified atom stereocenters. The highest BCUT2D eigenvalue weighted by molar-refractivity contribution is 7.88. The highest BCUT2D eigenvalue weighted by Gasteiger charge is 2.11. The normalized spacial score (nSPS) is 11.4. The molecule has 0 aromatic heterocycles. The molecule has 2 aromatic rings. The van der Waals surface area contributed by atoms with Crippen molar-refractivity contribution < 1.29 is 17.9 Å². The molecule has 6 nitrogen and oxygen atoms in total. The minimum Gasteiger partial charge on any atom is -0.484 e. The average Bonchev–Trinajstić information content (AvgIpc) is 2.60. The van der Waals surface area contributed by atoms with Crippen LogP contribution in [0.25, 0.3) is 0 Å². The number of benzene rings is 2. The van der Waals surface area contributed by atoms with Crippen LogP contribution in [0.15, 0.2) is 48.5 Å². The molecule has 0 heterocycles. The second-order valence-corrected chi connectivity index (χ2v) is 8.30. The number of amides is 1. The Morgan fingerprint density at radius 3 is 2.19 bits per heavy atom. The molecule has 0 saturated heterocycles. The Bertz CT molecular complexity index is 831. The van der Waals surface area contributed by atoms with Gasteiger partial charge in [0.1, 0.15) is 5.75 Å². The van der Waals surface area contributed by atoms with Gasteiger partial charge in [0, 0.05) is 20.1 Å². The molecule has 0 fully saturated rings. The number of nitrogens with zero attached hydrogens (tertiary/aromatic N) is 1. The minimum absolute atomic E-state index is 0.0750. The number of hydrogen-bond acceptors (Lipinski definition) is 4. The topological polar surface area (TPSA) is 75.7 Å². The van der Waals surface area contributed by atoms with E-state index in [-0.39, 0.29) is 19.1 Å². The van der Waals surface area contributed by atoms with Gasteiger partial charge in [-0.15, -0.1) is 0 Å². The first-order chi connectivity index (χ1) is 12.2. The summed E-state index contributed by atoms with van der Waals surface area (Å²) in [5, 5.41) is 2.81. The molecule has 0 aliphatic heterocycles. The highest BCUT2D eigenvalue weighted by atomic mass is 32.2. The van der Waals surface area contributed by atoms with Gasteiger partial charge in [-0.2, -0.15) is 0 Å². The van der Waals surface area contributed by atoms with Crippen molar-refractivity contribution >= 4 is 15.9 Å². The fraction of sp³-hybridized carbons (Fsp3) is 0.316. The minimum atomic E-state index is -3.22. The van der Waals surface area contributed by atoms with Crippen molar-refractivity contribution in [1.29, 1.82) is 0 Å². The van der Waals surface area contributed by atoms with Gasteiger partial charge in [0.2, 0.25) is 10.0 Å². The third-order valence-electron chi connectivity index (χ3n) is 3.87. The van der Waals surface area contributed by atoms with Gasteiger partial charge >= 0.3 is 0 Å². The highest BCUT2D eigenvalue weighted by Crippen LogP contribution is 2.14. The van der Waals surface area contributed by atoms with Crippen molar-refractivity contribution in [2.24, 2.45) is 0 Å². The Labute approximate surface area is 154 Å². The molecule has 1 amide bonds. The molecule has 0 radical (unpaired) electrons. The maximum Gasteiger partial charge on any atom is 0.258 e. The fourth-order valence-corrected chi connectivity index (χ4v) is 2.56. The standard InChI is InChI=1S/C19H24N2O4S/c1-15-4-6-16(7-5-15)12-20-19(22)14-25-18-10-8-17(9-11-18)13-21(2)26(3,23)24/h4-11H,12-14H2,1-3H3,(H,20,22). The number of hydrogen-bond donors (Lipinski definition) is 1. The lowest BCUT2D eigenvalue weighted by atomic mass is 10.1. The van der Waals surface area contributed by atoms with Gasteiger partial charge in [0.15, 0.2) is 6.61 Å². The third-order valence-corrected chi connectivity index (χ3v) is 5.14. The lowest BCUT2D eigenvalue weighted by molar-refractivity contribution is -0.123. The fourth-order valence-electron chi connectivity index (χ4n) is 2.17. The van der Waals surface area contributed by atoms with Crippen LogP contribution < -0.4 is 10.1 Å². The van der Waals surface area contributed by atoms with Crippen molar-refractivity contribution in [2.45, 2.75) is 20.0 Å². The van der Waals surface area contributed by atoms with Crippen LogP contribution in [0, 0.1) is 6.92 Å². The maximum absolute atomic E-state index is 11.9. The Balaban J connectivity index is 1.78. The van der Waals surface area contributed by atoms with Crippen LogP contribution in [0.3, 0.4) is 0 Å². The maximum atomic E-state index is 11.9. The van der Waals surface area contributed by atoms with Crippen LogP contribution in [-0.4, -0.2) is 38.5 Å². The van der Waals surface area contributed by atoms with E-state index in [9.17, 15) is 13.2 Å². The summed E-state index contributed by atoms with van der Waals surface area (Å²) in [6.45, 7) is 2.69. The monoisotopic (exact) mass is 376 g/mol. The van der Waals surface area contributed by atoms with Gasteiger partial charge in [-0.25, -0.2) is 12.7 Å².